The number of rotatable bonds is 4. The molecule has 0 fully saturated rings. The van der Waals surface area contributed by atoms with Crippen molar-refractivity contribution in [1.82, 2.24) is 14.3 Å². The van der Waals surface area contributed by atoms with Crippen LogP contribution in [0.15, 0.2) is 41.6 Å². The Balaban J connectivity index is 2.23. The van der Waals surface area contributed by atoms with E-state index >= 15 is 0 Å². The summed E-state index contributed by atoms with van der Waals surface area (Å²) in [6.45, 7) is 0.202. The third-order valence-corrected chi connectivity index (χ3v) is 4.64. The van der Waals surface area contributed by atoms with E-state index in [1.165, 1.54) is 23.7 Å². The van der Waals surface area contributed by atoms with Crippen LogP contribution in [0.3, 0.4) is 0 Å². The van der Waals surface area contributed by atoms with Gasteiger partial charge in [-0.15, -0.1) is 0 Å². The minimum atomic E-state index is -3.66. The van der Waals surface area contributed by atoms with Gasteiger partial charge in [-0.25, -0.2) is 18.4 Å². The van der Waals surface area contributed by atoms with Crippen LogP contribution < -0.4 is 5.73 Å². The van der Waals surface area contributed by atoms with Crippen LogP contribution in [0, 0.1) is 0 Å². The fourth-order valence-electron chi connectivity index (χ4n) is 1.62. The van der Waals surface area contributed by atoms with Crippen molar-refractivity contribution in [2.45, 2.75) is 11.4 Å². The quantitative estimate of drug-likeness (QED) is 0.924. The maximum Gasteiger partial charge on any atom is 0.246 e. The standard InChI is InChI=1S/C12H13ClN4O2S/c1-17(8-9-3-2-4-10(13)5-9)20(18,19)11-6-15-12(14)16-7-11/h2-7H,8H2,1H3,(H2,14,15,16). The molecule has 0 unspecified atom stereocenters. The number of anilines is 1. The number of hydrogen-bond acceptors (Lipinski definition) is 5. The highest BCUT2D eigenvalue weighted by atomic mass is 35.5. The van der Waals surface area contributed by atoms with E-state index in [1.54, 1.807) is 24.3 Å². The van der Waals surface area contributed by atoms with E-state index in [1.807, 2.05) is 0 Å². The van der Waals surface area contributed by atoms with Gasteiger partial charge in [-0.05, 0) is 17.7 Å². The lowest BCUT2D eigenvalue weighted by Gasteiger charge is -2.17. The first-order valence-electron chi connectivity index (χ1n) is 5.68. The van der Waals surface area contributed by atoms with Crippen LogP contribution in [0.2, 0.25) is 5.02 Å². The number of sulfonamides is 1. The number of nitrogen functional groups attached to an aromatic ring is 1. The summed E-state index contributed by atoms with van der Waals surface area (Å²) in [4.78, 5) is 7.37. The molecular formula is C12H13ClN4O2S. The summed E-state index contributed by atoms with van der Waals surface area (Å²) in [5.74, 6) is 0.0291. The molecule has 0 amide bonds. The van der Waals surface area contributed by atoms with Crippen molar-refractivity contribution in [3.8, 4) is 0 Å². The summed E-state index contributed by atoms with van der Waals surface area (Å²) in [5, 5.41) is 0.559. The smallest absolute Gasteiger partial charge is 0.246 e. The highest BCUT2D eigenvalue weighted by molar-refractivity contribution is 7.89. The molecule has 0 radical (unpaired) electrons. The molecule has 0 aliphatic heterocycles. The predicted octanol–water partition coefficient (Wildman–Crippen LogP) is 1.53. The number of hydrogen-bond donors (Lipinski definition) is 1. The van der Waals surface area contributed by atoms with Gasteiger partial charge in [-0.3, -0.25) is 0 Å². The monoisotopic (exact) mass is 312 g/mol. The van der Waals surface area contributed by atoms with E-state index < -0.39 is 10.0 Å². The fourth-order valence-corrected chi connectivity index (χ4v) is 2.88. The molecule has 1 heterocycles. The highest BCUT2D eigenvalue weighted by Crippen LogP contribution is 2.17. The van der Waals surface area contributed by atoms with Crippen LogP contribution in [0.5, 0.6) is 0 Å². The molecule has 0 aliphatic rings. The van der Waals surface area contributed by atoms with E-state index in [-0.39, 0.29) is 17.4 Å². The maximum absolute atomic E-state index is 12.3. The van der Waals surface area contributed by atoms with Crippen molar-refractivity contribution in [3.05, 3.63) is 47.2 Å². The van der Waals surface area contributed by atoms with Gasteiger partial charge in [0.05, 0.1) is 12.4 Å². The molecule has 1 aromatic heterocycles. The van der Waals surface area contributed by atoms with Crippen LogP contribution in [-0.2, 0) is 16.6 Å². The second-order valence-corrected chi connectivity index (χ2v) is 6.65. The lowest BCUT2D eigenvalue weighted by molar-refractivity contribution is 0.466. The van der Waals surface area contributed by atoms with E-state index in [0.717, 1.165) is 5.56 Å². The average Bonchev–Trinajstić information content (AvgIpc) is 2.39. The number of nitrogens with two attached hydrogens (primary N) is 1. The van der Waals surface area contributed by atoms with Gasteiger partial charge in [0.25, 0.3) is 0 Å². The van der Waals surface area contributed by atoms with Crippen molar-refractivity contribution in [2.75, 3.05) is 12.8 Å². The van der Waals surface area contributed by atoms with Crippen LogP contribution in [0.1, 0.15) is 5.56 Å². The van der Waals surface area contributed by atoms with Gasteiger partial charge in [-0.2, -0.15) is 4.31 Å². The van der Waals surface area contributed by atoms with Crippen molar-refractivity contribution < 1.29 is 8.42 Å². The zero-order valence-electron chi connectivity index (χ0n) is 10.7. The zero-order chi connectivity index (χ0) is 14.8. The Kier molecular flexibility index (Phi) is 4.22. The summed E-state index contributed by atoms with van der Waals surface area (Å²) in [6, 6.07) is 7.02. The molecule has 0 spiro atoms. The summed E-state index contributed by atoms with van der Waals surface area (Å²) in [6.07, 6.45) is 2.37. The second-order valence-electron chi connectivity index (χ2n) is 4.17. The van der Waals surface area contributed by atoms with Crippen molar-refractivity contribution >= 4 is 27.6 Å². The Labute approximate surface area is 122 Å². The molecule has 6 nitrogen and oxygen atoms in total. The first kappa shape index (κ1) is 14.7. The molecule has 1 aromatic carbocycles. The fraction of sp³-hybridized carbons (Fsp3) is 0.167. The first-order chi connectivity index (χ1) is 9.39. The van der Waals surface area contributed by atoms with Crippen LogP contribution >= 0.6 is 11.6 Å². The minimum absolute atomic E-state index is 0.00349. The third-order valence-electron chi connectivity index (χ3n) is 2.65. The van der Waals surface area contributed by atoms with Crippen molar-refractivity contribution in [2.24, 2.45) is 0 Å². The number of benzene rings is 1. The minimum Gasteiger partial charge on any atom is -0.368 e. The molecule has 106 valence electrons. The van der Waals surface area contributed by atoms with E-state index in [0.29, 0.717) is 5.02 Å². The Morgan fingerprint density at radius 1 is 1.30 bits per heavy atom. The Morgan fingerprint density at radius 3 is 2.55 bits per heavy atom. The average molecular weight is 313 g/mol. The van der Waals surface area contributed by atoms with Gasteiger partial charge in [0.2, 0.25) is 16.0 Å². The van der Waals surface area contributed by atoms with Gasteiger partial charge in [0.15, 0.2) is 0 Å². The Bertz CT molecular complexity index is 704. The molecule has 8 heteroatoms. The summed E-state index contributed by atoms with van der Waals surface area (Å²) in [5.41, 5.74) is 6.13. The third kappa shape index (κ3) is 3.24. The molecule has 2 rings (SSSR count). The highest BCUT2D eigenvalue weighted by Gasteiger charge is 2.21. The molecular weight excluding hydrogens is 300 g/mol. The van der Waals surface area contributed by atoms with Crippen molar-refractivity contribution in [3.63, 3.8) is 0 Å². The molecule has 20 heavy (non-hydrogen) atoms. The molecule has 0 atom stereocenters. The SMILES string of the molecule is CN(Cc1cccc(Cl)c1)S(=O)(=O)c1cnc(N)nc1. The van der Waals surface area contributed by atoms with E-state index in [2.05, 4.69) is 9.97 Å². The second kappa shape index (κ2) is 5.74. The number of nitrogens with zero attached hydrogens (tertiary/aromatic N) is 3. The zero-order valence-corrected chi connectivity index (χ0v) is 12.3. The van der Waals surface area contributed by atoms with Crippen LogP contribution in [0.4, 0.5) is 5.95 Å². The molecule has 0 saturated carbocycles. The van der Waals surface area contributed by atoms with Gasteiger partial charge in [-0.1, -0.05) is 23.7 Å². The normalized spacial score (nSPS) is 11.8. The Morgan fingerprint density at radius 2 is 1.95 bits per heavy atom. The van der Waals surface area contributed by atoms with Gasteiger partial charge in [0, 0.05) is 18.6 Å². The first-order valence-corrected chi connectivity index (χ1v) is 7.50. The van der Waals surface area contributed by atoms with Crippen LogP contribution in [0.25, 0.3) is 0 Å². The molecule has 0 aliphatic carbocycles. The number of halogens is 1. The van der Waals surface area contributed by atoms with E-state index in [4.69, 9.17) is 17.3 Å². The molecule has 2 N–H and O–H groups in total. The molecule has 0 bridgehead atoms. The summed E-state index contributed by atoms with van der Waals surface area (Å²) in [7, 11) is -2.18. The topological polar surface area (TPSA) is 89.2 Å². The lowest BCUT2D eigenvalue weighted by atomic mass is 10.2. The Hall–Kier alpha value is -1.70. The lowest BCUT2D eigenvalue weighted by Crippen LogP contribution is -2.26. The van der Waals surface area contributed by atoms with Crippen LogP contribution in [-0.4, -0.2) is 29.7 Å². The summed E-state index contributed by atoms with van der Waals surface area (Å²) >= 11 is 5.88. The molecule has 0 saturated heterocycles. The molecule has 2 aromatic rings. The summed E-state index contributed by atoms with van der Waals surface area (Å²) < 4.78 is 25.8. The number of aromatic nitrogens is 2. The van der Waals surface area contributed by atoms with Gasteiger partial charge in [0.1, 0.15) is 4.90 Å². The van der Waals surface area contributed by atoms with Gasteiger partial charge >= 0.3 is 0 Å². The largest absolute Gasteiger partial charge is 0.368 e. The van der Waals surface area contributed by atoms with Gasteiger partial charge < -0.3 is 5.73 Å². The predicted molar refractivity (Wildman–Crippen MR) is 76.5 cm³/mol. The van der Waals surface area contributed by atoms with Crippen molar-refractivity contribution in [1.29, 1.82) is 0 Å². The maximum atomic E-state index is 12.3. The van der Waals surface area contributed by atoms with E-state index in [9.17, 15) is 8.42 Å².